The summed E-state index contributed by atoms with van der Waals surface area (Å²) in [5, 5.41) is 0. The van der Waals surface area contributed by atoms with Crippen LogP contribution in [0.1, 0.15) is 22.2 Å². The highest BCUT2D eigenvalue weighted by molar-refractivity contribution is 7.12. The van der Waals surface area contributed by atoms with Crippen molar-refractivity contribution >= 4 is 11.3 Å². The lowest BCUT2D eigenvalue weighted by Gasteiger charge is -2.16. The zero-order valence-electron chi connectivity index (χ0n) is 10.5. The van der Waals surface area contributed by atoms with Gasteiger partial charge in [-0.3, -0.25) is 4.90 Å². The number of likely N-dealkylation sites (N-methyl/N-ethyl adjacent to an activating group) is 1. The summed E-state index contributed by atoms with van der Waals surface area (Å²) in [6.07, 6.45) is 0. The molecule has 1 rings (SSSR count). The van der Waals surface area contributed by atoms with Gasteiger partial charge in [0.1, 0.15) is 0 Å². The van der Waals surface area contributed by atoms with Crippen LogP contribution in [0.3, 0.4) is 0 Å². The van der Waals surface area contributed by atoms with Gasteiger partial charge in [0.25, 0.3) is 0 Å². The minimum atomic E-state index is 0.647. The molecule has 0 unspecified atom stereocenters. The van der Waals surface area contributed by atoms with E-state index in [-0.39, 0.29) is 0 Å². The molecule has 0 fully saturated rings. The second-order valence-electron chi connectivity index (χ2n) is 3.93. The smallest absolute Gasteiger partial charge is 0.0593 e. The van der Waals surface area contributed by atoms with Gasteiger partial charge in [-0.2, -0.15) is 0 Å². The molecule has 1 aromatic heterocycles. The molecule has 3 nitrogen and oxygen atoms in total. The van der Waals surface area contributed by atoms with Crippen LogP contribution in [-0.2, 0) is 17.8 Å². The molecular weight excluding hydrogens is 220 g/mol. The van der Waals surface area contributed by atoms with Crippen LogP contribution >= 0.6 is 11.3 Å². The van der Waals surface area contributed by atoms with Gasteiger partial charge in [-0.1, -0.05) is 0 Å². The van der Waals surface area contributed by atoms with Crippen molar-refractivity contribution in [3.8, 4) is 0 Å². The second-order valence-corrected chi connectivity index (χ2v) is 5.27. The van der Waals surface area contributed by atoms with Crippen LogP contribution in [0.5, 0.6) is 0 Å². The molecule has 0 aromatic carbocycles. The molecule has 0 aliphatic carbocycles. The third-order valence-electron chi connectivity index (χ3n) is 2.53. The van der Waals surface area contributed by atoms with Gasteiger partial charge in [-0.25, -0.2) is 0 Å². The van der Waals surface area contributed by atoms with E-state index in [4.69, 9.17) is 10.5 Å². The number of nitrogens with zero attached hydrogens (tertiary/aromatic N) is 1. The van der Waals surface area contributed by atoms with E-state index in [9.17, 15) is 0 Å². The molecule has 0 aliphatic heterocycles. The fourth-order valence-corrected chi connectivity index (χ4v) is 2.51. The topological polar surface area (TPSA) is 38.5 Å². The molecule has 2 N–H and O–H groups in total. The van der Waals surface area contributed by atoms with E-state index in [1.807, 2.05) is 6.92 Å². The predicted octanol–water partition coefficient (Wildman–Crippen LogP) is 1.98. The van der Waals surface area contributed by atoms with Crippen LogP contribution < -0.4 is 5.73 Å². The molecule has 0 amide bonds. The molecule has 0 bridgehead atoms. The Morgan fingerprint density at radius 2 is 2.25 bits per heavy atom. The SMILES string of the molecule is CCOCCN(C)Cc1cc(CN)sc1C. The maximum absolute atomic E-state index is 5.64. The Morgan fingerprint density at radius 3 is 2.81 bits per heavy atom. The van der Waals surface area contributed by atoms with Crippen molar-refractivity contribution < 1.29 is 4.74 Å². The van der Waals surface area contributed by atoms with Crippen LogP contribution in [0.2, 0.25) is 0 Å². The van der Waals surface area contributed by atoms with Gasteiger partial charge in [0, 0.05) is 36.0 Å². The average molecular weight is 242 g/mol. The average Bonchev–Trinajstić information content (AvgIpc) is 2.60. The van der Waals surface area contributed by atoms with Crippen LogP contribution in [0.25, 0.3) is 0 Å². The van der Waals surface area contributed by atoms with Gasteiger partial charge in [0.2, 0.25) is 0 Å². The Hall–Kier alpha value is -0.420. The van der Waals surface area contributed by atoms with Gasteiger partial charge >= 0.3 is 0 Å². The fraction of sp³-hybridized carbons (Fsp3) is 0.667. The Balaban J connectivity index is 2.42. The van der Waals surface area contributed by atoms with Crippen LogP contribution in [0.4, 0.5) is 0 Å². The summed E-state index contributed by atoms with van der Waals surface area (Å²) in [7, 11) is 2.12. The lowest BCUT2D eigenvalue weighted by Crippen LogP contribution is -2.22. The first-order valence-electron chi connectivity index (χ1n) is 5.72. The van der Waals surface area contributed by atoms with Crippen molar-refractivity contribution in [3.05, 3.63) is 21.4 Å². The van der Waals surface area contributed by atoms with E-state index in [2.05, 4.69) is 24.9 Å². The van der Waals surface area contributed by atoms with Crippen molar-refractivity contribution in [2.75, 3.05) is 26.8 Å². The summed E-state index contributed by atoms with van der Waals surface area (Å²) in [5.74, 6) is 0. The summed E-state index contributed by atoms with van der Waals surface area (Å²) < 4.78 is 5.34. The second kappa shape index (κ2) is 7.01. The number of thiophene rings is 1. The lowest BCUT2D eigenvalue weighted by atomic mass is 10.2. The van der Waals surface area contributed by atoms with Crippen molar-refractivity contribution in [3.63, 3.8) is 0 Å². The van der Waals surface area contributed by atoms with Crippen LogP contribution in [-0.4, -0.2) is 31.7 Å². The minimum absolute atomic E-state index is 0.647. The fourth-order valence-electron chi connectivity index (χ4n) is 1.58. The Bertz CT molecular complexity index is 312. The Labute approximate surface area is 102 Å². The molecule has 1 aromatic rings. The van der Waals surface area contributed by atoms with Gasteiger partial charge in [-0.15, -0.1) is 11.3 Å². The minimum Gasteiger partial charge on any atom is -0.380 e. The first kappa shape index (κ1) is 13.6. The molecule has 0 radical (unpaired) electrons. The molecule has 0 aliphatic rings. The van der Waals surface area contributed by atoms with Crippen molar-refractivity contribution in [1.29, 1.82) is 0 Å². The molecule has 4 heteroatoms. The number of hydrogen-bond donors (Lipinski definition) is 1. The van der Waals surface area contributed by atoms with Gasteiger partial charge in [0.05, 0.1) is 6.61 Å². The monoisotopic (exact) mass is 242 g/mol. The van der Waals surface area contributed by atoms with E-state index in [0.29, 0.717) is 6.54 Å². The summed E-state index contributed by atoms with van der Waals surface area (Å²) in [5.41, 5.74) is 7.03. The molecule has 92 valence electrons. The predicted molar refractivity (Wildman–Crippen MR) is 69.8 cm³/mol. The lowest BCUT2D eigenvalue weighted by molar-refractivity contribution is 0.120. The third kappa shape index (κ3) is 4.22. The molecular formula is C12H22N2OS. The summed E-state index contributed by atoms with van der Waals surface area (Å²) in [6.45, 7) is 8.39. The molecule has 0 saturated heterocycles. The zero-order valence-corrected chi connectivity index (χ0v) is 11.3. The van der Waals surface area contributed by atoms with E-state index in [1.165, 1.54) is 15.3 Å². The number of rotatable bonds is 7. The maximum atomic E-state index is 5.64. The Kier molecular flexibility index (Phi) is 5.98. The van der Waals surface area contributed by atoms with E-state index in [0.717, 1.165) is 26.3 Å². The van der Waals surface area contributed by atoms with E-state index < -0.39 is 0 Å². The molecule has 0 spiro atoms. The van der Waals surface area contributed by atoms with Gasteiger partial charge in [0.15, 0.2) is 0 Å². The van der Waals surface area contributed by atoms with Crippen LogP contribution in [0, 0.1) is 6.92 Å². The number of aryl methyl sites for hydroxylation is 1. The van der Waals surface area contributed by atoms with E-state index in [1.54, 1.807) is 11.3 Å². The molecule has 16 heavy (non-hydrogen) atoms. The largest absolute Gasteiger partial charge is 0.380 e. The first-order chi connectivity index (χ1) is 7.67. The zero-order chi connectivity index (χ0) is 12.0. The highest BCUT2D eigenvalue weighted by Gasteiger charge is 2.07. The number of hydrogen-bond acceptors (Lipinski definition) is 4. The summed E-state index contributed by atoms with van der Waals surface area (Å²) in [4.78, 5) is 4.93. The van der Waals surface area contributed by atoms with Crippen molar-refractivity contribution in [2.45, 2.75) is 26.9 Å². The number of ether oxygens (including phenoxy) is 1. The molecule has 0 saturated carbocycles. The third-order valence-corrected chi connectivity index (χ3v) is 3.65. The highest BCUT2D eigenvalue weighted by atomic mass is 32.1. The van der Waals surface area contributed by atoms with Gasteiger partial charge < -0.3 is 10.5 Å². The highest BCUT2D eigenvalue weighted by Crippen LogP contribution is 2.22. The van der Waals surface area contributed by atoms with Crippen molar-refractivity contribution in [1.82, 2.24) is 4.90 Å². The van der Waals surface area contributed by atoms with E-state index >= 15 is 0 Å². The number of nitrogens with two attached hydrogens (primary N) is 1. The standard InChI is InChI=1S/C12H22N2OS/c1-4-15-6-5-14(3)9-11-7-12(8-13)16-10(11)2/h7H,4-6,8-9,13H2,1-3H3. The Morgan fingerprint density at radius 1 is 1.50 bits per heavy atom. The summed E-state index contributed by atoms with van der Waals surface area (Å²) >= 11 is 1.80. The quantitative estimate of drug-likeness (QED) is 0.743. The van der Waals surface area contributed by atoms with Crippen LogP contribution in [0.15, 0.2) is 6.07 Å². The normalized spacial score (nSPS) is 11.3. The molecule has 0 atom stereocenters. The summed E-state index contributed by atoms with van der Waals surface area (Å²) in [6, 6.07) is 2.22. The first-order valence-corrected chi connectivity index (χ1v) is 6.53. The van der Waals surface area contributed by atoms with Gasteiger partial charge in [-0.05, 0) is 32.5 Å². The maximum Gasteiger partial charge on any atom is 0.0593 e. The molecule has 1 heterocycles. The van der Waals surface area contributed by atoms with Crippen molar-refractivity contribution in [2.24, 2.45) is 5.73 Å².